The van der Waals surface area contributed by atoms with Crippen molar-refractivity contribution in [1.29, 1.82) is 0 Å². The van der Waals surface area contributed by atoms with Crippen LogP contribution in [0.25, 0.3) is 10.2 Å². The van der Waals surface area contributed by atoms with E-state index in [4.69, 9.17) is 0 Å². The number of nitro benzene ring substituents is 1. The standard InChI is InChI=1S/C13H9N3O3S/c17-10-4-1-8(2-5-10)14-13-15-11-6-3-9(16(18)19)7-12(11)20-13/h1-7,17H,(H,14,15). The Labute approximate surface area is 117 Å². The number of non-ortho nitro benzene ring substituents is 1. The highest BCUT2D eigenvalue weighted by Crippen LogP contribution is 2.31. The highest BCUT2D eigenvalue weighted by Gasteiger charge is 2.10. The third kappa shape index (κ3) is 2.39. The van der Waals surface area contributed by atoms with Crippen molar-refractivity contribution in [3.8, 4) is 5.75 Å². The molecule has 0 bridgehead atoms. The van der Waals surface area contributed by atoms with Gasteiger partial charge in [-0.2, -0.15) is 0 Å². The Balaban J connectivity index is 1.92. The van der Waals surface area contributed by atoms with E-state index in [0.29, 0.717) is 10.6 Å². The van der Waals surface area contributed by atoms with Crippen LogP contribution >= 0.6 is 11.3 Å². The van der Waals surface area contributed by atoms with Crippen molar-refractivity contribution >= 4 is 38.1 Å². The van der Waals surface area contributed by atoms with Gasteiger partial charge in [-0.1, -0.05) is 11.3 Å². The molecule has 0 saturated heterocycles. The average Bonchev–Trinajstić information content (AvgIpc) is 2.82. The average molecular weight is 287 g/mol. The summed E-state index contributed by atoms with van der Waals surface area (Å²) in [6.45, 7) is 0. The number of aromatic hydroxyl groups is 1. The second kappa shape index (κ2) is 4.78. The Morgan fingerprint density at radius 3 is 2.65 bits per heavy atom. The van der Waals surface area contributed by atoms with Crippen LogP contribution in [0.15, 0.2) is 42.5 Å². The summed E-state index contributed by atoms with van der Waals surface area (Å²) in [6.07, 6.45) is 0. The van der Waals surface area contributed by atoms with Crippen LogP contribution in [0.4, 0.5) is 16.5 Å². The maximum Gasteiger partial charge on any atom is 0.270 e. The Morgan fingerprint density at radius 2 is 1.95 bits per heavy atom. The maximum atomic E-state index is 10.7. The van der Waals surface area contributed by atoms with Crippen molar-refractivity contribution in [3.05, 3.63) is 52.6 Å². The van der Waals surface area contributed by atoms with E-state index in [1.165, 1.54) is 23.5 Å². The molecule has 1 heterocycles. The van der Waals surface area contributed by atoms with Gasteiger partial charge < -0.3 is 10.4 Å². The fraction of sp³-hybridized carbons (Fsp3) is 0. The van der Waals surface area contributed by atoms with Gasteiger partial charge in [-0.3, -0.25) is 10.1 Å². The molecule has 0 unspecified atom stereocenters. The molecule has 0 spiro atoms. The predicted octanol–water partition coefficient (Wildman–Crippen LogP) is 3.65. The summed E-state index contributed by atoms with van der Waals surface area (Å²) in [5.74, 6) is 0.190. The Hall–Kier alpha value is -2.67. The van der Waals surface area contributed by atoms with Gasteiger partial charge in [-0.25, -0.2) is 4.98 Å². The molecule has 0 saturated carbocycles. The molecule has 0 radical (unpaired) electrons. The molecule has 1 aromatic heterocycles. The van der Waals surface area contributed by atoms with E-state index >= 15 is 0 Å². The van der Waals surface area contributed by atoms with E-state index in [1.807, 2.05) is 0 Å². The molecule has 0 aliphatic heterocycles. The number of hydrogen-bond acceptors (Lipinski definition) is 6. The lowest BCUT2D eigenvalue weighted by Crippen LogP contribution is -1.88. The van der Waals surface area contributed by atoms with Crippen molar-refractivity contribution in [2.24, 2.45) is 0 Å². The molecule has 0 amide bonds. The number of hydrogen-bond donors (Lipinski definition) is 2. The van der Waals surface area contributed by atoms with Gasteiger partial charge in [-0.15, -0.1) is 0 Å². The van der Waals surface area contributed by atoms with Gasteiger partial charge in [0.25, 0.3) is 5.69 Å². The van der Waals surface area contributed by atoms with Gasteiger partial charge in [-0.05, 0) is 30.3 Å². The summed E-state index contributed by atoms with van der Waals surface area (Å²) in [5.41, 5.74) is 1.55. The highest BCUT2D eigenvalue weighted by molar-refractivity contribution is 7.22. The number of thiazole rings is 1. The molecular formula is C13H9N3O3S. The number of benzene rings is 2. The molecule has 7 heteroatoms. The number of nitrogens with one attached hydrogen (secondary N) is 1. The quantitative estimate of drug-likeness (QED) is 0.436. The lowest BCUT2D eigenvalue weighted by Gasteiger charge is -2.01. The lowest BCUT2D eigenvalue weighted by atomic mass is 10.3. The molecule has 3 rings (SSSR count). The second-order valence-electron chi connectivity index (χ2n) is 4.10. The second-order valence-corrected chi connectivity index (χ2v) is 5.13. The summed E-state index contributed by atoms with van der Waals surface area (Å²) in [6, 6.07) is 11.2. The first-order valence-electron chi connectivity index (χ1n) is 5.73. The zero-order valence-corrected chi connectivity index (χ0v) is 10.9. The number of phenols is 1. The van der Waals surface area contributed by atoms with Crippen molar-refractivity contribution < 1.29 is 10.0 Å². The summed E-state index contributed by atoms with van der Waals surface area (Å²) < 4.78 is 0.750. The minimum atomic E-state index is -0.424. The number of fused-ring (bicyclic) bond motifs is 1. The zero-order chi connectivity index (χ0) is 14.1. The van der Waals surface area contributed by atoms with Crippen molar-refractivity contribution in [3.63, 3.8) is 0 Å². The lowest BCUT2D eigenvalue weighted by molar-refractivity contribution is -0.384. The summed E-state index contributed by atoms with van der Waals surface area (Å²) in [5, 5.41) is 23.7. The molecule has 0 aliphatic carbocycles. The van der Waals surface area contributed by atoms with E-state index in [2.05, 4.69) is 10.3 Å². The van der Waals surface area contributed by atoms with Crippen molar-refractivity contribution in [1.82, 2.24) is 4.98 Å². The molecule has 0 atom stereocenters. The Morgan fingerprint density at radius 1 is 1.20 bits per heavy atom. The minimum absolute atomic E-state index is 0.0531. The monoisotopic (exact) mass is 287 g/mol. The topological polar surface area (TPSA) is 88.3 Å². The summed E-state index contributed by atoms with van der Waals surface area (Å²) in [7, 11) is 0. The van der Waals surface area contributed by atoms with E-state index in [1.54, 1.807) is 30.3 Å². The van der Waals surface area contributed by atoms with Crippen molar-refractivity contribution in [2.45, 2.75) is 0 Å². The third-order valence-corrected chi connectivity index (χ3v) is 3.64. The van der Waals surface area contributed by atoms with Gasteiger partial charge in [0.2, 0.25) is 0 Å². The SMILES string of the molecule is O=[N+]([O-])c1ccc2nc(Nc3ccc(O)cc3)sc2c1. The number of rotatable bonds is 3. The maximum absolute atomic E-state index is 10.7. The largest absolute Gasteiger partial charge is 0.508 e. The Bertz CT molecular complexity index is 783. The third-order valence-electron chi connectivity index (χ3n) is 2.70. The normalized spacial score (nSPS) is 10.6. The van der Waals surface area contributed by atoms with Crippen LogP contribution in [0.3, 0.4) is 0 Å². The zero-order valence-electron chi connectivity index (χ0n) is 10.1. The molecule has 2 aromatic carbocycles. The smallest absolute Gasteiger partial charge is 0.270 e. The number of aromatic nitrogens is 1. The van der Waals surface area contributed by atoms with Crippen LogP contribution in [-0.2, 0) is 0 Å². The van der Waals surface area contributed by atoms with E-state index in [-0.39, 0.29) is 11.4 Å². The predicted molar refractivity (Wildman–Crippen MR) is 77.7 cm³/mol. The summed E-state index contributed by atoms with van der Waals surface area (Å²) in [4.78, 5) is 14.7. The van der Waals surface area contributed by atoms with E-state index in [9.17, 15) is 15.2 Å². The van der Waals surface area contributed by atoms with E-state index in [0.717, 1.165) is 10.4 Å². The summed E-state index contributed by atoms with van der Waals surface area (Å²) >= 11 is 1.34. The van der Waals surface area contributed by atoms with Crippen LogP contribution in [0.2, 0.25) is 0 Å². The molecule has 0 aliphatic rings. The van der Waals surface area contributed by atoms with Gasteiger partial charge in [0.1, 0.15) is 5.75 Å². The van der Waals surface area contributed by atoms with Crippen LogP contribution < -0.4 is 5.32 Å². The molecule has 2 N–H and O–H groups in total. The number of nitro groups is 1. The number of nitrogens with zero attached hydrogens (tertiary/aromatic N) is 2. The van der Waals surface area contributed by atoms with Gasteiger partial charge in [0.15, 0.2) is 5.13 Å². The van der Waals surface area contributed by atoms with E-state index < -0.39 is 4.92 Å². The fourth-order valence-electron chi connectivity index (χ4n) is 1.75. The number of phenolic OH excluding ortho intramolecular Hbond substituents is 1. The molecule has 6 nitrogen and oxygen atoms in total. The molecule has 0 fully saturated rings. The molecule has 3 aromatic rings. The molecule has 100 valence electrons. The molecule has 20 heavy (non-hydrogen) atoms. The highest BCUT2D eigenvalue weighted by atomic mass is 32.1. The minimum Gasteiger partial charge on any atom is -0.508 e. The molecular weight excluding hydrogens is 278 g/mol. The first-order valence-corrected chi connectivity index (χ1v) is 6.54. The van der Waals surface area contributed by atoms with Gasteiger partial charge >= 0.3 is 0 Å². The fourth-order valence-corrected chi connectivity index (χ4v) is 2.67. The van der Waals surface area contributed by atoms with Crippen LogP contribution in [0.1, 0.15) is 0 Å². The van der Waals surface area contributed by atoms with Crippen LogP contribution in [0, 0.1) is 10.1 Å². The van der Waals surface area contributed by atoms with Gasteiger partial charge in [0.05, 0.1) is 15.1 Å². The van der Waals surface area contributed by atoms with Gasteiger partial charge in [0, 0.05) is 17.8 Å². The van der Waals surface area contributed by atoms with Crippen molar-refractivity contribution in [2.75, 3.05) is 5.32 Å². The van der Waals surface area contributed by atoms with Crippen LogP contribution in [-0.4, -0.2) is 15.0 Å². The van der Waals surface area contributed by atoms with Crippen LogP contribution in [0.5, 0.6) is 5.75 Å². The Kier molecular flexibility index (Phi) is 2.96. The first-order chi connectivity index (χ1) is 9.61. The first kappa shape index (κ1) is 12.4. The number of anilines is 2.